The molecule has 0 aromatic heterocycles. The van der Waals surface area contributed by atoms with Crippen LogP contribution in [0.4, 0.5) is 4.39 Å². The van der Waals surface area contributed by atoms with E-state index >= 15 is 0 Å². The highest BCUT2D eigenvalue weighted by Gasteiger charge is 2.24. The number of rotatable bonds is 4. The number of nitrogens with two attached hydrogens (primary N) is 1. The van der Waals surface area contributed by atoms with Crippen molar-refractivity contribution in [2.75, 3.05) is 13.2 Å². The second-order valence-electron chi connectivity index (χ2n) is 4.08. The monoisotopic (exact) mass is 303 g/mol. The van der Waals surface area contributed by atoms with Gasteiger partial charge in [0.2, 0.25) is 0 Å². The molecule has 2 unspecified atom stereocenters. The molecule has 1 aromatic carbocycles. The van der Waals surface area contributed by atoms with Gasteiger partial charge in [-0.05, 0) is 40.9 Å². The molecule has 2 rings (SSSR count). The van der Waals surface area contributed by atoms with Crippen molar-refractivity contribution in [3.63, 3.8) is 0 Å². The largest absolute Gasteiger partial charge is 0.490 e. The smallest absolute Gasteiger partial charge is 0.136 e. The van der Waals surface area contributed by atoms with E-state index in [0.717, 1.165) is 17.3 Å². The Balaban J connectivity index is 1.88. The molecule has 0 spiro atoms. The van der Waals surface area contributed by atoms with Gasteiger partial charge in [-0.2, -0.15) is 0 Å². The van der Waals surface area contributed by atoms with Gasteiger partial charge in [-0.3, -0.25) is 0 Å². The summed E-state index contributed by atoms with van der Waals surface area (Å²) in [5.41, 5.74) is 5.52. The Bertz CT molecular complexity index is 389. The van der Waals surface area contributed by atoms with Crippen LogP contribution < -0.4 is 10.5 Å². The van der Waals surface area contributed by atoms with E-state index in [9.17, 15) is 4.39 Å². The molecule has 5 heteroatoms. The lowest BCUT2D eigenvalue weighted by atomic mass is 10.2. The van der Waals surface area contributed by atoms with Gasteiger partial charge in [0.25, 0.3) is 0 Å². The Morgan fingerprint density at radius 1 is 1.41 bits per heavy atom. The topological polar surface area (TPSA) is 44.5 Å². The van der Waals surface area contributed by atoms with Crippen molar-refractivity contribution in [1.82, 2.24) is 0 Å². The highest BCUT2D eigenvalue weighted by Crippen LogP contribution is 2.27. The van der Waals surface area contributed by atoms with Crippen molar-refractivity contribution in [2.24, 2.45) is 5.73 Å². The SMILES string of the molecule is NCC1CCC(COc2cc(F)ccc2Br)O1. The molecule has 0 saturated carbocycles. The van der Waals surface area contributed by atoms with Gasteiger partial charge in [-0.1, -0.05) is 0 Å². The highest BCUT2D eigenvalue weighted by molar-refractivity contribution is 9.10. The molecule has 1 aliphatic rings. The molecule has 3 nitrogen and oxygen atoms in total. The van der Waals surface area contributed by atoms with Crippen LogP contribution >= 0.6 is 15.9 Å². The lowest BCUT2D eigenvalue weighted by Gasteiger charge is -2.14. The Kier molecular flexibility index (Phi) is 4.36. The minimum Gasteiger partial charge on any atom is -0.490 e. The van der Waals surface area contributed by atoms with Crippen LogP contribution in [0.2, 0.25) is 0 Å². The summed E-state index contributed by atoms with van der Waals surface area (Å²) in [7, 11) is 0. The Morgan fingerprint density at radius 3 is 2.88 bits per heavy atom. The predicted octanol–water partition coefficient (Wildman–Crippen LogP) is 2.47. The van der Waals surface area contributed by atoms with Gasteiger partial charge < -0.3 is 15.2 Å². The molecule has 1 fully saturated rings. The molecule has 0 radical (unpaired) electrons. The maximum absolute atomic E-state index is 13.0. The molecule has 0 bridgehead atoms. The molecule has 17 heavy (non-hydrogen) atoms. The minimum absolute atomic E-state index is 0.0544. The van der Waals surface area contributed by atoms with Crippen LogP contribution in [0.5, 0.6) is 5.75 Å². The maximum Gasteiger partial charge on any atom is 0.136 e. The maximum atomic E-state index is 13.0. The first kappa shape index (κ1) is 12.8. The molecular formula is C12H15BrFNO2. The fraction of sp³-hybridized carbons (Fsp3) is 0.500. The van der Waals surface area contributed by atoms with Crippen molar-refractivity contribution in [2.45, 2.75) is 25.0 Å². The molecule has 2 atom stereocenters. The van der Waals surface area contributed by atoms with Gasteiger partial charge in [0.1, 0.15) is 18.2 Å². The molecule has 1 aliphatic heterocycles. The summed E-state index contributed by atoms with van der Waals surface area (Å²) in [6, 6.07) is 4.37. The zero-order valence-corrected chi connectivity index (χ0v) is 11.0. The van der Waals surface area contributed by atoms with Crippen LogP contribution in [0.3, 0.4) is 0 Å². The molecule has 1 heterocycles. The van der Waals surface area contributed by atoms with Crippen LogP contribution in [0.1, 0.15) is 12.8 Å². The van der Waals surface area contributed by atoms with E-state index in [4.69, 9.17) is 15.2 Å². The normalized spacial score (nSPS) is 23.9. The number of hydrogen-bond donors (Lipinski definition) is 1. The highest BCUT2D eigenvalue weighted by atomic mass is 79.9. The van der Waals surface area contributed by atoms with Crippen molar-refractivity contribution in [1.29, 1.82) is 0 Å². The van der Waals surface area contributed by atoms with Crippen molar-refractivity contribution < 1.29 is 13.9 Å². The van der Waals surface area contributed by atoms with Crippen LogP contribution in [-0.4, -0.2) is 25.4 Å². The second kappa shape index (κ2) is 5.80. The van der Waals surface area contributed by atoms with Gasteiger partial charge in [-0.15, -0.1) is 0 Å². The van der Waals surface area contributed by atoms with E-state index in [-0.39, 0.29) is 18.0 Å². The van der Waals surface area contributed by atoms with Gasteiger partial charge in [0.15, 0.2) is 0 Å². The average Bonchev–Trinajstić information content (AvgIpc) is 2.78. The molecule has 2 N–H and O–H groups in total. The number of ether oxygens (including phenoxy) is 2. The van der Waals surface area contributed by atoms with E-state index in [1.807, 2.05) is 0 Å². The second-order valence-corrected chi connectivity index (χ2v) is 4.93. The van der Waals surface area contributed by atoms with Gasteiger partial charge in [0, 0.05) is 12.6 Å². The van der Waals surface area contributed by atoms with Crippen LogP contribution in [-0.2, 0) is 4.74 Å². The summed E-state index contributed by atoms with van der Waals surface area (Å²) in [6.07, 6.45) is 2.10. The van der Waals surface area contributed by atoms with Gasteiger partial charge in [0.05, 0.1) is 16.7 Å². The third-order valence-electron chi connectivity index (χ3n) is 2.78. The third-order valence-corrected chi connectivity index (χ3v) is 3.43. The van der Waals surface area contributed by atoms with Crippen molar-refractivity contribution >= 4 is 15.9 Å². The summed E-state index contributed by atoms with van der Waals surface area (Å²) in [6.45, 7) is 0.971. The predicted molar refractivity (Wildman–Crippen MR) is 66.5 cm³/mol. The lowest BCUT2D eigenvalue weighted by molar-refractivity contribution is 0.0219. The first-order valence-corrected chi connectivity index (χ1v) is 6.41. The standard InChI is InChI=1S/C12H15BrFNO2/c13-11-4-1-8(14)5-12(11)16-7-10-3-2-9(6-15)17-10/h1,4-5,9-10H,2-3,6-7,15H2. The average molecular weight is 304 g/mol. The van der Waals surface area contributed by atoms with Crippen LogP contribution in [0.15, 0.2) is 22.7 Å². The summed E-state index contributed by atoms with van der Waals surface area (Å²) in [5.74, 6) is 0.195. The summed E-state index contributed by atoms with van der Waals surface area (Å²) < 4.78 is 24.9. The Labute approximate surface area is 108 Å². The lowest BCUT2D eigenvalue weighted by Crippen LogP contribution is -2.23. The molecular weight excluding hydrogens is 289 g/mol. The molecule has 0 amide bonds. The van der Waals surface area contributed by atoms with Crippen molar-refractivity contribution in [3.8, 4) is 5.75 Å². The zero-order chi connectivity index (χ0) is 12.3. The molecule has 94 valence electrons. The quantitative estimate of drug-likeness (QED) is 0.929. The van der Waals surface area contributed by atoms with E-state index in [1.54, 1.807) is 6.07 Å². The van der Waals surface area contributed by atoms with Crippen molar-refractivity contribution in [3.05, 3.63) is 28.5 Å². The number of halogens is 2. The van der Waals surface area contributed by atoms with E-state index in [0.29, 0.717) is 18.9 Å². The minimum atomic E-state index is -0.310. The zero-order valence-electron chi connectivity index (χ0n) is 9.36. The number of benzene rings is 1. The van der Waals surface area contributed by atoms with E-state index in [1.165, 1.54) is 12.1 Å². The fourth-order valence-electron chi connectivity index (χ4n) is 1.85. The number of hydrogen-bond acceptors (Lipinski definition) is 3. The van der Waals surface area contributed by atoms with E-state index in [2.05, 4.69) is 15.9 Å². The Hall–Kier alpha value is -0.650. The van der Waals surface area contributed by atoms with Crippen LogP contribution in [0, 0.1) is 5.82 Å². The summed E-state index contributed by atoms with van der Waals surface area (Å²) in [5, 5.41) is 0. The van der Waals surface area contributed by atoms with Crippen LogP contribution in [0.25, 0.3) is 0 Å². The molecule has 0 aliphatic carbocycles. The third kappa shape index (κ3) is 3.40. The van der Waals surface area contributed by atoms with E-state index < -0.39 is 0 Å². The Morgan fingerprint density at radius 2 is 2.18 bits per heavy atom. The summed E-state index contributed by atoms with van der Waals surface area (Å²) in [4.78, 5) is 0. The molecule has 1 saturated heterocycles. The fourth-order valence-corrected chi connectivity index (χ4v) is 2.21. The summed E-state index contributed by atoms with van der Waals surface area (Å²) >= 11 is 3.31. The molecule has 1 aromatic rings. The van der Waals surface area contributed by atoms with Gasteiger partial charge >= 0.3 is 0 Å². The van der Waals surface area contributed by atoms with Gasteiger partial charge in [-0.25, -0.2) is 4.39 Å². The first-order valence-electron chi connectivity index (χ1n) is 5.62. The first-order chi connectivity index (χ1) is 8.19.